The van der Waals surface area contributed by atoms with Crippen LogP contribution in [0.3, 0.4) is 0 Å². The smallest absolute Gasteiger partial charge is 0.0712 e. The Balaban J connectivity index is 1.94. The van der Waals surface area contributed by atoms with Gasteiger partial charge in [-0.15, -0.1) is 0 Å². The first kappa shape index (κ1) is 19.0. The molecule has 0 amide bonds. The van der Waals surface area contributed by atoms with Gasteiger partial charge in [0.1, 0.15) is 0 Å². The topological polar surface area (TPSA) is 18.8 Å². The summed E-state index contributed by atoms with van der Waals surface area (Å²) < 4.78 is 0. The van der Waals surface area contributed by atoms with E-state index in [9.17, 15) is 0 Å². The van der Waals surface area contributed by atoms with Crippen LogP contribution in [0, 0.1) is 0 Å². The van der Waals surface area contributed by atoms with Crippen LogP contribution in [0.25, 0.3) is 11.1 Å². The van der Waals surface area contributed by atoms with Crippen molar-refractivity contribution < 1.29 is 0 Å². The maximum Gasteiger partial charge on any atom is 0.0712 e. The molecule has 3 heteroatoms. The number of fused-ring (bicyclic) bond motifs is 1. The Morgan fingerprint density at radius 3 is 1.62 bits per heavy atom. The molecule has 3 aromatic carbocycles. The number of hydrogen-bond acceptors (Lipinski definition) is 3. The summed E-state index contributed by atoms with van der Waals surface area (Å²) in [4.78, 5) is 9.09. The predicted octanol–water partition coefficient (Wildman–Crippen LogP) is 5.88. The fraction of sp³-hybridized carbons (Fsp3) is 0.192. The second-order valence-corrected chi connectivity index (χ2v) is 7.85. The number of para-hydroxylation sites is 1. The molecule has 0 N–H and O–H groups in total. The minimum atomic E-state index is 1.05. The monoisotopic (exact) mass is 381 g/mol. The highest BCUT2D eigenvalue weighted by atomic mass is 15.1. The first-order valence-electron chi connectivity index (χ1n) is 9.90. The van der Waals surface area contributed by atoms with Crippen LogP contribution in [0.5, 0.6) is 0 Å². The van der Waals surface area contributed by atoms with Gasteiger partial charge in [0, 0.05) is 56.4 Å². The lowest BCUT2D eigenvalue weighted by molar-refractivity contribution is 1.13. The van der Waals surface area contributed by atoms with Gasteiger partial charge >= 0.3 is 0 Å². The van der Waals surface area contributed by atoms with E-state index in [1.54, 1.807) is 0 Å². The number of allylic oxidation sites excluding steroid dienone is 1. The number of hydrogen-bond donors (Lipinski definition) is 0. The zero-order valence-corrected chi connectivity index (χ0v) is 17.8. The van der Waals surface area contributed by atoms with Gasteiger partial charge in [-0.25, -0.2) is 0 Å². The molecule has 146 valence electrons. The van der Waals surface area contributed by atoms with Gasteiger partial charge in [0.25, 0.3) is 0 Å². The molecule has 0 saturated heterocycles. The Morgan fingerprint density at radius 2 is 1.14 bits per heavy atom. The summed E-state index contributed by atoms with van der Waals surface area (Å²) in [5, 5.41) is 0. The van der Waals surface area contributed by atoms with Crippen molar-refractivity contribution in [1.82, 2.24) is 0 Å². The van der Waals surface area contributed by atoms with Crippen LogP contribution in [-0.2, 0) is 0 Å². The molecule has 0 fully saturated rings. The minimum absolute atomic E-state index is 1.05. The molecule has 1 aliphatic heterocycles. The van der Waals surface area contributed by atoms with Crippen molar-refractivity contribution in [2.24, 2.45) is 4.99 Å². The lowest BCUT2D eigenvalue weighted by Gasteiger charge is -2.18. The van der Waals surface area contributed by atoms with Crippen LogP contribution in [0.15, 0.2) is 77.8 Å². The zero-order chi connectivity index (χ0) is 20.5. The highest BCUT2D eigenvalue weighted by molar-refractivity contribution is 6.35. The molecule has 1 aliphatic rings. The highest BCUT2D eigenvalue weighted by Gasteiger charge is 2.23. The maximum absolute atomic E-state index is 4.84. The summed E-state index contributed by atoms with van der Waals surface area (Å²) in [6.07, 6.45) is 0. The normalized spacial score (nSPS) is 12.4. The highest BCUT2D eigenvalue weighted by Crippen LogP contribution is 2.42. The lowest BCUT2D eigenvalue weighted by atomic mass is 9.88. The number of rotatable bonds is 4. The van der Waals surface area contributed by atoms with Crippen LogP contribution >= 0.6 is 0 Å². The molecular formula is C26H27N3. The number of aliphatic imine (C=N–C) groups is 1. The van der Waals surface area contributed by atoms with E-state index in [2.05, 4.69) is 118 Å². The van der Waals surface area contributed by atoms with Gasteiger partial charge in [0.2, 0.25) is 0 Å². The van der Waals surface area contributed by atoms with Crippen molar-refractivity contribution in [3.63, 3.8) is 0 Å². The molecule has 1 heterocycles. The fourth-order valence-corrected chi connectivity index (χ4v) is 3.84. The second-order valence-electron chi connectivity index (χ2n) is 7.85. The van der Waals surface area contributed by atoms with E-state index in [1.165, 1.54) is 39.2 Å². The van der Waals surface area contributed by atoms with Gasteiger partial charge in [0.15, 0.2) is 0 Å². The molecule has 0 radical (unpaired) electrons. The van der Waals surface area contributed by atoms with Crippen molar-refractivity contribution >= 4 is 33.9 Å². The third kappa shape index (κ3) is 3.56. The summed E-state index contributed by atoms with van der Waals surface area (Å²) in [6, 6.07) is 26.0. The molecular weight excluding hydrogens is 354 g/mol. The molecule has 3 nitrogen and oxygen atoms in total. The Morgan fingerprint density at radius 1 is 0.655 bits per heavy atom. The SMILES string of the molecule is CC1=Nc2ccccc2C1=C(c1ccc(N(C)C)cc1)c1ccc(N(C)C)cc1. The predicted molar refractivity (Wildman–Crippen MR) is 127 cm³/mol. The molecule has 4 rings (SSSR count). The number of anilines is 2. The Kier molecular flexibility index (Phi) is 4.98. The third-order valence-electron chi connectivity index (χ3n) is 5.42. The van der Waals surface area contributed by atoms with Crippen LogP contribution in [0.1, 0.15) is 23.6 Å². The maximum atomic E-state index is 4.84. The molecule has 0 unspecified atom stereocenters. The van der Waals surface area contributed by atoms with E-state index in [0.29, 0.717) is 0 Å². The Bertz CT molecular complexity index is 1030. The Labute approximate surface area is 173 Å². The first-order chi connectivity index (χ1) is 14.0. The molecule has 29 heavy (non-hydrogen) atoms. The van der Waals surface area contributed by atoms with Crippen molar-refractivity contribution in [2.45, 2.75) is 6.92 Å². The molecule has 0 bridgehead atoms. The van der Waals surface area contributed by atoms with Gasteiger partial charge in [-0.1, -0.05) is 42.5 Å². The molecule has 3 aromatic rings. The molecule has 0 aromatic heterocycles. The van der Waals surface area contributed by atoms with Crippen molar-refractivity contribution in [3.05, 3.63) is 89.5 Å². The van der Waals surface area contributed by atoms with Gasteiger partial charge in [-0.2, -0.15) is 0 Å². The first-order valence-corrected chi connectivity index (χ1v) is 9.90. The van der Waals surface area contributed by atoms with E-state index in [1.807, 2.05) is 0 Å². The number of benzene rings is 3. The summed E-state index contributed by atoms with van der Waals surface area (Å²) in [7, 11) is 8.27. The zero-order valence-electron chi connectivity index (χ0n) is 17.8. The minimum Gasteiger partial charge on any atom is -0.378 e. The van der Waals surface area contributed by atoms with Crippen LogP contribution in [-0.4, -0.2) is 33.9 Å². The standard InChI is InChI=1S/C26H27N3/c1-18-25(23-8-6-7-9-24(23)27-18)26(19-10-14-21(15-11-19)28(2)3)20-12-16-22(17-13-20)29(4)5/h6-17H,1-5H3. The summed E-state index contributed by atoms with van der Waals surface area (Å²) in [6.45, 7) is 2.11. The second kappa shape index (κ2) is 7.59. The molecule has 0 atom stereocenters. The van der Waals surface area contributed by atoms with Crippen LogP contribution < -0.4 is 9.80 Å². The van der Waals surface area contributed by atoms with Gasteiger partial charge in [-0.05, 0) is 54.0 Å². The quantitative estimate of drug-likeness (QED) is 0.562. The summed E-state index contributed by atoms with van der Waals surface area (Å²) in [5.41, 5.74) is 10.6. The van der Waals surface area contributed by atoms with Crippen molar-refractivity contribution in [3.8, 4) is 0 Å². The van der Waals surface area contributed by atoms with Crippen LogP contribution in [0.2, 0.25) is 0 Å². The summed E-state index contributed by atoms with van der Waals surface area (Å²) in [5.74, 6) is 0. The fourth-order valence-electron chi connectivity index (χ4n) is 3.84. The van der Waals surface area contributed by atoms with Crippen molar-refractivity contribution in [2.75, 3.05) is 38.0 Å². The lowest BCUT2D eigenvalue weighted by Crippen LogP contribution is -2.09. The van der Waals surface area contributed by atoms with Gasteiger partial charge in [-0.3, -0.25) is 4.99 Å². The van der Waals surface area contributed by atoms with Crippen molar-refractivity contribution in [1.29, 1.82) is 0 Å². The van der Waals surface area contributed by atoms with E-state index >= 15 is 0 Å². The third-order valence-corrected chi connectivity index (χ3v) is 5.42. The van der Waals surface area contributed by atoms with Gasteiger partial charge in [0.05, 0.1) is 5.69 Å². The number of nitrogens with zero attached hydrogens (tertiary/aromatic N) is 3. The largest absolute Gasteiger partial charge is 0.378 e. The average Bonchev–Trinajstić information content (AvgIpc) is 3.05. The average molecular weight is 382 g/mol. The van der Waals surface area contributed by atoms with Gasteiger partial charge < -0.3 is 9.80 Å². The van der Waals surface area contributed by atoms with Crippen LogP contribution in [0.4, 0.5) is 17.1 Å². The van der Waals surface area contributed by atoms with E-state index in [-0.39, 0.29) is 0 Å². The summed E-state index contributed by atoms with van der Waals surface area (Å²) >= 11 is 0. The molecule has 0 saturated carbocycles. The van der Waals surface area contributed by atoms with E-state index in [4.69, 9.17) is 4.99 Å². The molecule has 0 aliphatic carbocycles. The van der Waals surface area contributed by atoms with E-state index < -0.39 is 0 Å². The molecule has 0 spiro atoms. The van der Waals surface area contributed by atoms with E-state index in [0.717, 1.165) is 11.4 Å². The Hall–Kier alpha value is -3.33.